The highest BCUT2D eigenvalue weighted by Gasteiger charge is 2.20. The molecule has 0 unspecified atom stereocenters. The van der Waals surface area contributed by atoms with Crippen LogP contribution in [0.3, 0.4) is 0 Å². The van der Waals surface area contributed by atoms with Gasteiger partial charge >= 0.3 is 6.01 Å². The molecule has 0 aliphatic carbocycles. The molecule has 9 nitrogen and oxygen atoms in total. The number of nitrogens with zero attached hydrogens (tertiary/aromatic N) is 5. The van der Waals surface area contributed by atoms with E-state index in [-0.39, 0.29) is 12.0 Å². The minimum absolute atomic E-state index is 0.235. The average molecular weight is 403 g/mol. The quantitative estimate of drug-likeness (QED) is 0.486. The highest BCUT2D eigenvalue weighted by molar-refractivity contribution is 6.04. The number of fused-ring (bicyclic) bond motifs is 1. The number of aromatic nitrogens is 5. The van der Waals surface area contributed by atoms with E-state index in [1.807, 2.05) is 37.3 Å². The van der Waals surface area contributed by atoms with Gasteiger partial charge in [-0.3, -0.25) is 4.79 Å². The van der Waals surface area contributed by atoms with E-state index in [0.717, 1.165) is 11.3 Å². The summed E-state index contributed by atoms with van der Waals surface area (Å²) in [5, 5.41) is 11.9. The number of hydrogen-bond acceptors (Lipinski definition) is 7. The van der Waals surface area contributed by atoms with Crippen molar-refractivity contribution < 1.29 is 9.53 Å². The number of rotatable bonds is 7. The molecular weight excluding hydrogens is 382 g/mol. The Morgan fingerprint density at radius 3 is 2.60 bits per heavy atom. The van der Waals surface area contributed by atoms with Crippen molar-refractivity contribution in [2.75, 3.05) is 12.4 Å². The number of benzene rings is 2. The predicted octanol–water partition coefficient (Wildman–Crippen LogP) is 2.49. The smallest absolute Gasteiger partial charge is 0.304 e. The van der Waals surface area contributed by atoms with Gasteiger partial charge in [0.15, 0.2) is 5.82 Å². The summed E-state index contributed by atoms with van der Waals surface area (Å²) in [6.07, 6.45) is 0.672. The lowest BCUT2D eigenvalue weighted by Crippen LogP contribution is -2.12. The van der Waals surface area contributed by atoms with Gasteiger partial charge in [0.25, 0.3) is 11.9 Å². The second-order valence-corrected chi connectivity index (χ2v) is 6.57. The number of imidazole rings is 1. The van der Waals surface area contributed by atoms with Crippen LogP contribution in [0.1, 0.15) is 28.5 Å². The number of nitrogens with two attached hydrogens (primary N) is 1. The van der Waals surface area contributed by atoms with Gasteiger partial charge in [0.05, 0.1) is 18.2 Å². The van der Waals surface area contributed by atoms with E-state index < -0.39 is 5.91 Å². The summed E-state index contributed by atoms with van der Waals surface area (Å²) in [6, 6.07) is 15.4. The molecule has 0 radical (unpaired) electrons. The Bertz CT molecular complexity index is 1200. The molecule has 0 aliphatic heterocycles. The minimum Gasteiger partial charge on any atom is -0.468 e. The van der Waals surface area contributed by atoms with Crippen LogP contribution in [0.4, 0.5) is 5.82 Å². The monoisotopic (exact) mass is 403 g/mol. The van der Waals surface area contributed by atoms with Crippen molar-refractivity contribution in [3.8, 4) is 12.0 Å². The van der Waals surface area contributed by atoms with Crippen molar-refractivity contribution in [3.05, 3.63) is 65.4 Å². The number of anilines is 1. The van der Waals surface area contributed by atoms with Crippen LogP contribution in [0.5, 0.6) is 6.01 Å². The highest BCUT2D eigenvalue weighted by Crippen LogP contribution is 2.27. The second-order valence-electron chi connectivity index (χ2n) is 6.57. The van der Waals surface area contributed by atoms with Crippen LogP contribution in [0, 0.1) is 0 Å². The number of amides is 1. The molecule has 152 valence electrons. The minimum atomic E-state index is -0.571. The van der Waals surface area contributed by atoms with Crippen molar-refractivity contribution in [3.63, 3.8) is 0 Å². The van der Waals surface area contributed by atoms with E-state index in [1.54, 1.807) is 22.8 Å². The third kappa shape index (κ3) is 3.52. The molecule has 1 amide bonds. The largest absolute Gasteiger partial charge is 0.468 e. The Labute approximate surface area is 172 Å². The molecule has 0 bridgehead atoms. The van der Waals surface area contributed by atoms with Gasteiger partial charge in [0, 0.05) is 6.54 Å². The Balaban J connectivity index is 1.80. The van der Waals surface area contributed by atoms with Crippen molar-refractivity contribution in [1.82, 2.24) is 24.7 Å². The lowest BCUT2D eigenvalue weighted by molar-refractivity contribution is 0.100. The number of hydrogen-bond donors (Lipinski definition) is 2. The lowest BCUT2D eigenvalue weighted by Gasteiger charge is -2.12. The van der Waals surface area contributed by atoms with Gasteiger partial charge in [-0.15, -0.1) is 10.2 Å². The van der Waals surface area contributed by atoms with Crippen LogP contribution in [0.15, 0.2) is 48.5 Å². The molecule has 0 fully saturated rings. The van der Waals surface area contributed by atoms with E-state index in [4.69, 9.17) is 10.5 Å². The fraction of sp³-hybridized carbons (Fsp3) is 0.190. The topological polar surface area (TPSA) is 121 Å². The van der Waals surface area contributed by atoms with Gasteiger partial charge in [-0.05, 0) is 24.1 Å². The maximum Gasteiger partial charge on any atom is 0.304 e. The number of aryl methyl sites for hydroxylation is 1. The molecule has 0 saturated carbocycles. The summed E-state index contributed by atoms with van der Waals surface area (Å²) in [5.41, 5.74) is 8.68. The number of para-hydroxylation sites is 1. The zero-order chi connectivity index (χ0) is 21.1. The standard InChI is InChI=1S/C21H21N7O2/c1-3-15-19(23-12-13-8-5-4-6-9-13)25-20(27-26-15)28-16-11-7-10-14(18(22)29)17(16)24-21(28)30-2/h4-11H,3,12H2,1-2H3,(H2,22,29)(H,23,25,27). The Hall–Kier alpha value is -4.01. The summed E-state index contributed by atoms with van der Waals surface area (Å²) in [6.45, 7) is 2.59. The number of methoxy groups -OCH3 is 1. The lowest BCUT2D eigenvalue weighted by atomic mass is 10.2. The molecule has 9 heteroatoms. The molecule has 4 aromatic rings. The molecule has 30 heavy (non-hydrogen) atoms. The Morgan fingerprint density at radius 2 is 1.90 bits per heavy atom. The van der Waals surface area contributed by atoms with Gasteiger partial charge in [-0.25, -0.2) is 4.57 Å². The molecule has 0 spiro atoms. The third-order valence-electron chi connectivity index (χ3n) is 4.69. The van der Waals surface area contributed by atoms with Crippen LogP contribution in [0.2, 0.25) is 0 Å². The molecule has 2 heterocycles. The fourth-order valence-electron chi connectivity index (χ4n) is 3.20. The number of carbonyl (C=O) groups is 1. The molecule has 2 aromatic carbocycles. The number of primary amides is 1. The normalized spacial score (nSPS) is 10.9. The van der Waals surface area contributed by atoms with Crippen LogP contribution in [0.25, 0.3) is 17.0 Å². The maximum absolute atomic E-state index is 11.8. The number of nitrogens with one attached hydrogen (secondary N) is 1. The summed E-state index contributed by atoms with van der Waals surface area (Å²) < 4.78 is 7.03. The van der Waals surface area contributed by atoms with E-state index >= 15 is 0 Å². The van der Waals surface area contributed by atoms with Gasteiger partial charge in [-0.2, -0.15) is 9.97 Å². The Morgan fingerprint density at radius 1 is 1.10 bits per heavy atom. The predicted molar refractivity (Wildman–Crippen MR) is 113 cm³/mol. The molecule has 3 N–H and O–H groups in total. The number of ether oxygens (including phenoxy) is 1. The average Bonchev–Trinajstić information content (AvgIpc) is 3.16. The van der Waals surface area contributed by atoms with E-state index in [9.17, 15) is 4.79 Å². The van der Waals surface area contributed by atoms with Crippen LogP contribution >= 0.6 is 0 Å². The molecule has 2 aromatic heterocycles. The molecule has 0 saturated heterocycles. The summed E-state index contributed by atoms with van der Waals surface area (Å²) in [5.74, 6) is 0.337. The molecule has 0 atom stereocenters. The van der Waals surface area contributed by atoms with Crippen molar-refractivity contribution in [2.45, 2.75) is 19.9 Å². The zero-order valence-corrected chi connectivity index (χ0v) is 16.7. The fourth-order valence-corrected chi connectivity index (χ4v) is 3.20. The Kier molecular flexibility index (Phi) is 5.25. The number of carbonyl (C=O) groups excluding carboxylic acids is 1. The van der Waals surface area contributed by atoms with E-state index in [0.29, 0.717) is 35.4 Å². The van der Waals surface area contributed by atoms with Gasteiger partial charge in [0.1, 0.15) is 11.2 Å². The van der Waals surface area contributed by atoms with Gasteiger partial charge in [0.2, 0.25) is 0 Å². The van der Waals surface area contributed by atoms with Gasteiger partial charge < -0.3 is 15.8 Å². The summed E-state index contributed by atoms with van der Waals surface area (Å²) >= 11 is 0. The van der Waals surface area contributed by atoms with E-state index in [1.165, 1.54) is 7.11 Å². The first-order chi connectivity index (χ1) is 14.6. The van der Waals surface area contributed by atoms with Gasteiger partial charge in [-0.1, -0.05) is 43.3 Å². The van der Waals surface area contributed by atoms with Crippen LogP contribution < -0.4 is 15.8 Å². The van der Waals surface area contributed by atoms with Crippen molar-refractivity contribution in [1.29, 1.82) is 0 Å². The van der Waals surface area contributed by atoms with Crippen molar-refractivity contribution >= 4 is 22.8 Å². The molecular formula is C21H21N7O2. The van der Waals surface area contributed by atoms with Crippen LogP contribution in [-0.2, 0) is 13.0 Å². The molecule has 0 aliphatic rings. The second kappa shape index (κ2) is 8.16. The highest BCUT2D eigenvalue weighted by atomic mass is 16.5. The van der Waals surface area contributed by atoms with Crippen LogP contribution in [-0.4, -0.2) is 37.7 Å². The maximum atomic E-state index is 11.8. The molecule has 4 rings (SSSR count). The summed E-state index contributed by atoms with van der Waals surface area (Å²) in [4.78, 5) is 20.9. The summed E-state index contributed by atoms with van der Waals surface area (Å²) in [7, 11) is 1.49. The zero-order valence-electron chi connectivity index (χ0n) is 16.7. The third-order valence-corrected chi connectivity index (χ3v) is 4.69. The SMILES string of the molecule is CCc1nnc(-n2c(OC)nc3c(C(N)=O)cccc32)nc1NCc1ccccc1. The first-order valence-electron chi connectivity index (χ1n) is 9.49. The van der Waals surface area contributed by atoms with Crippen molar-refractivity contribution in [2.24, 2.45) is 5.73 Å². The first kappa shape index (κ1) is 19.3. The van der Waals surface area contributed by atoms with E-state index in [2.05, 4.69) is 25.5 Å². The first-order valence-corrected chi connectivity index (χ1v) is 9.49.